The van der Waals surface area contributed by atoms with Gasteiger partial charge in [-0.25, -0.2) is 9.59 Å². The van der Waals surface area contributed by atoms with Crippen molar-refractivity contribution in [3.05, 3.63) is 0 Å². The molecule has 18 heavy (non-hydrogen) atoms. The van der Waals surface area contributed by atoms with Gasteiger partial charge in [0.05, 0.1) is 0 Å². The molecule has 8 heteroatoms. The van der Waals surface area contributed by atoms with E-state index in [0.717, 1.165) is 11.2 Å². The smallest absolute Gasteiger partial charge is 0.414 e. The number of hydrogen-bond acceptors (Lipinski definition) is 5. The number of carboxylic acid groups (broad SMARTS) is 2. The van der Waals surface area contributed by atoms with Crippen LogP contribution in [-0.4, -0.2) is 58.4 Å². The average molecular weight is 323 g/mol. The second-order valence-corrected chi connectivity index (χ2v) is 4.98. The lowest BCUT2D eigenvalue weighted by Gasteiger charge is -2.22. The van der Waals surface area contributed by atoms with Crippen molar-refractivity contribution in [2.24, 2.45) is 10.6 Å². The molecule has 0 amide bonds. The van der Waals surface area contributed by atoms with Gasteiger partial charge in [-0.15, -0.1) is 0 Å². The summed E-state index contributed by atoms with van der Waals surface area (Å²) in [6, 6.07) is 0. The van der Waals surface area contributed by atoms with Crippen LogP contribution in [0.3, 0.4) is 0 Å². The minimum Gasteiger partial charge on any atom is -0.473 e. The first kappa shape index (κ1) is 14.9. The normalized spacial score (nSPS) is 29.4. The van der Waals surface area contributed by atoms with E-state index >= 15 is 0 Å². The molecule has 0 aromatic carbocycles. The lowest BCUT2D eigenvalue weighted by Crippen LogP contribution is -2.26. The van der Waals surface area contributed by atoms with Crippen molar-refractivity contribution < 1.29 is 24.6 Å². The Bertz CT molecular complexity index is 351. The van der Waals surface area contributed by atoms with E-state index in [-0.39, 0.29) is 5.41 Å². The number of nitrogens with zero attached hydrogens (tertiary/aromatic N) is 2. The summed E-state index contributed by atoms with van der Waals surface area (Å²) >= 11 is 3.51. The van der Waals surface area contributed by atoms with Crippen LogP contribution in [0.4, 0.5) is 0 Å². The first-order valence-corrected chi connectivity index (χ1v) is 6.16. The van der Waals surface area contributed by atoms with Crippen molar-refractivity contribution >= 4 is 32.5 Å². The Balaban J connectivity index is 0.000000232. The molecule has 2 rings (SSSR count). The topological polar surface area (TPSA) is 99.4 Å². The molecule has 2 N–H and O–H groups in total. The van der Waals surface area contributed by atoms with Crippen molar-refractivity contribution in [1.82, 2.24) is 4.90 Å². The van der Waals surface area contributed by atoms with Gasteiger partial charge in [0.2, 0.25) is 0 Å². The maximum atomic E-state index is 9.10. The molecule has 2 fully saturated rings. The summed E-state index contributed by atoms with van der Waals surface area (Å²) in [5.74, 6) is -3.65. The van der Waals surface area contributed by atoms with Crippen molar-refractivity contribution in [2.75, 3.05) is 26.7 Å². The van der Waals surface area contributed by atoms with Crippen LogP contribution in [0, 0.1) is 5.41 Å². The van der Waals surface area contributed by atoms with Crippen molar-refractivity contribution in [2.45, 2.75) is 12.8 Å². The quantitative estimate of drug-likeness (QED) is 0.438. The first-order chi connectivity index (χ1) is 8.41. The highest BCUT2D eigenvalue weighted by molar-refractivity contribution is 9.18. The van der Waals surface area contributed by atoms with Crippen LogP contribution in [0.25, 0.3) is 0 Å². The van der Waals surface area contributed by atoms with Crippen LogP contribution >= 0.6 is 15.9 Å². The third kappa shape index (κ3) is 3.42. The standard InChI is InChI=1S/C8H13BrN2O.C2H2O4/c1-12-10-7(9)8-2-4-11(6-8)5-3-8;3-1(4)2(5)6/h2-6H2,1H3;(H,3,4)(H,5,6). The van der Waals surface area contributed by atoms with E-state index in [1.165, 1.54) is 25.9 Å². The zero-order valence-corrected chi connectivity index (χ0v) is 11.5. The Morgan fingerprint density at radius 3 is 2.06 bits per heavy atom. The lowest BCUT2D eigenvalue weighted by atomic mass is 9.86. The van der Waals surface area contributed by atoms with E-state index < -0.39 is 11.9 Å². The van der Waals surface area contributed by atoms with E-state index in [1.54, 1.807) is 7.11 Å². The number of rotatable bonds is 2. The van der Waals surface area contributed by atoms with Crippen LogP contribution in [-0.2, 0) is 14.4 Å². The molecule has 0 unspecified atom stereocenters. The van der Waals surface area contributed by atoms with E-state index in [4.69, 9.17) is 24.6 Å². The van der Waals surface area contributed by atoms with Gasteiger partial charge in [-0.3, -0.25) is 0 Å². The molecule has 0 radical (unpaired) electrons. The molecule has 0 aromatic rings. The molecule has 7 nitrogen and oxygen atoms in total. The van der Waals surface area contributed by atoms with E-state index in [0.29, 0.717) is 0 Å². The van der Waals surface area contributed by atoms with Crippen LogP contribution < -0.4 is 0 Å². The van der Waals surface area contributed by atoms with E-state index in [9.17, 15) is 0 Å². The number of carbonyl (C=O) groups is 2. The van der Waals surface area contributed by atoms with Gasteiger partial charge in [-0.05, 0) is 41.9 Å². The Labute approximate surface area is 113 Å². The second-order valence-electron chi connectivity index (χ2n) is 4.23. The first-order valence-electron chi connectivity index (χ1n) is 5.37. The summed E-state index contributed by atoms with van der Waals surface area (Å²) in [5.41, 5.74) is 0.288. The molecule has 0 aromatic heterocycles. The van der Waals surface area contributed by atoms with Gasteiger partial charge in [-0.1, -0.05) is 5.16 Å². The van der Waals surface area contributed by atoms with Gasteiger partial charge >= 0.3 is 11.9 Å². The summed E-state index contributed by atoms with van der Waals surface area (Å²) in [6.45, 7) is 3.59. The van der Waals surface area contributed by atoms with Crippen molar-refractivity contribution in [3.63, 3.8) is 0 Å². The maximum absolute atomic E-state index is 9.10. The number of piperidine rings is 1. The predicted octanol–water partition coefficient (Wildman–Crippen LogP) is 0.593. The number of fused-ring (bicyclic) bond motifs is 2. The van der Waals surface area contributed by atoms with Crippen molar-refractivity contribution in [1.29, 1.82) is 0 Å². The number of oxime groups is 1. The van der Waals surface area contributed by atoms with Gasteiger partial charge in [0, 0.05) is 12.0 Å². The zero-order valence-electron chi connectivity index (χ0n) is 9.93. The number of halogens is 1. The number of hydrogen-bond donors (Lipinski definition) is 2. The van der Waals surface area contributed by atoms with Gasteiger partial charge < -0.3 is 20.0 Å². The Kier molecular flexibility index (Phi) is 5.09. The third-order valence-electron chi connectivity index (χ3n) is 3.13. The fraction of sp³-hybridized carbons (Fsp3) is 0.700. The Morgan fingerprint density at radius 1 is 1.28 bits per heavy atom. The van der Waals surface area contributed by atoms with Gasteiger partial charge in [0.15, 0.2) is 0 Å². The zero-order chi connectivity index (χ0) is 13.8. The fourth-order valence-electron chi connectivity index (χ4n) is 2.17. The molecule has 2 saturated heterocycles. The molecule has 2 aliphatic heterocycles. The average Bonchev–Trinajstić information content (AvgIpc) is 2.91. The Hall–Kier alpha value is -1.15. The maximum Gasteiger partial charge on any atom is 0.414 e. The van der Waals surface area contributed by atoms with Crippen LogP contribution in [0.5, 0.6) is 0 Å². The lowest BCUT2D eigenvalue weighted by molar-refractivity contribution is -0.159. The van der Waals surface area contributed by atoms with Gasteiger partial charge in [0.1, 0.15) is 11.7 Å². The minimum absolute atomic E-state index is 0.288. The molecule has 2 bridgehead atoms. The minimum atomic E-state index is -1.82. The highest BCUT2D eigenvalue weighted by Gasteiger charge is 2.47. The monoisotopic (exact) mass is 322 g/mol. The molecule has 102 valence electrons. The molecule has 2 heterocycles. The van der Waals surface area contributed by atoms with Crippen LogP contribution in [0.15, 0.2) is 5.16 Å². The van der Waals surface area contributed by atoms with E-state index in [2.05, 4.69) is 26.0 Å². The van der Waals surface area contributed by atoms with Crippen LogP contribution in [0.1, 0.15) is 12.8 Å². The van der Waals surface area contributed by atoms with Crippen LogP contribution in [0.2, 0.25) is 0 Å². The summed E-state index contributed by atoms with van der Waals surface area (Å²) in [7, 11) is 1.60. The third-order valence-corrected chi connectivity index (χ3v) is 4.12. The molecular formula is C10H15BrN2O5. The SMILES string of the molecule is CON=C(Br)C12CCN(CC1)C2.O=C(O)C(=O)O. The molecule has 0 spiro atoms. The van der Waals surface area contributed by atoms with E-state index in [1.807, 2.05) is 0 Å². The Morgan fingerprint density at radius 2 is 1.78 bits per heavy atom. The summed E-state index contributed by atoms with van der Waals surface area (Å²) in [4.78, 5) is 25.5. The summed E-state index contributed by atoms with van der Waals surface area (Å²) in [5, 5.41) is 18.8. The number of carboxylic acids is 2. The number of aliphatic carboxylic acids is 2. The van der Waals surface area contributed by atoms with Gasteiger partial charge in [-0.2, -0.15) is 0 Å². The fourth-order valence-corrected chi connectivity index (χ4v) is 2.84. The summed E-state index contributed by atoms with van der Waals surface area (Å²) in [6.07, 6.45) is 2.45. The predicted molar refractivity (Wildman–Crippen MR) is 66.7 cm³/mol. The molecule has 0 atom stereocenters. The second kappa shape index (κ2) is 6.14. The molecule has 0 aliphatic carbocycles. The summed E-state index contributed by atoms with van der Waals surface area (Å²) < 4.78 is 0.998. The highest BCUT2D eigenvalue weighted by atomic mass is 79.9. The largest absolute Gasteiger partial charge is 0.473 e. The highest BCUT2D eigenvalue weighted by Crippen LogP contribution is 2.43. The van der Waals surface area contributed by atoms with Gasteiger partial charge in [0.25, 0.3) is 0 Å². The molecule has 0 saturated carbocycles. The molecule has 2 aliphatic rings. The van der Waals surface area contributed by atoms with Crippen molar-refractivity contribution in [3.8, 4) is 0 Å². The molecular weight excluding hydrogens is 308 g/mol.